The third-order valence-electron chi connectivity index (χ3n) is 4.76. The van der Waals surface area contributed by atoms with Crippen molar-refractivity contribution in [3.05, 3.63) is 17.5 Å². The molecule has 2 aliphatic rings. The number of nitrogens with one attached hydrogen (secondary N) is 1. The van der Waals surface area contributed by atoms with E-state index in [1.807, 2.05) is 18.0 Å². The van der Waals surface area contributed by atoms with Gasteiger partial charge in [-0.2, -0.15) is 16.9 Å². The van der Waals surface area contributed by atoms with E-state index in [1.54, 1.807) is 0 Å². The van der Waals surface area contributed by atoms with Crippen molar-refractivity contribution in [2.75, 3.05) is 25.1 Å². The summed E-state index contributed by atoms with van der Waals surface area (Å²) in [4.78, 5) is 2.77. The van der Waals surface area contributed by atoms with Crippen LogP contribution in [0.4, 0.5) is 0 Å². The summed E-state index contributed by atoms with van der Waals surface area (Å²) in [7, 11) is 0. The molecule has 1 fully saturated rings. The quantitative estimate of drug-likeness (QED) is 0.919. The van der Waals surface area contributed by atoms with Gasteiger partial charge in [0.1, 0.15) is 0 Å². The molecule has 1 saturated heterocycles. The van der Waals surface area contributed by atoms with Gasteiger partial charge in [0.25, 0.3) is 0 Å². The second-order valence-corrected chi connectivity index (χ2v) is 7.07. The zero-order valence-corrected chi connectivity index (χ0v) is 12.9. The summed E-state index contributed by atoms with van der Waals surface area (Å²) >= 11 is 2.01. The van der Waals surface area contributed by atoms with Crippen LogP contribution < -0.4 is 0 Å². The number of H-pyrrole nitrogens is 1. The maximum absolute atomic E-state index is 4.24. The van der Waals surface area contributed by atoms with Crippen LogP contribution in [0.5, 0.6) is 0 Å². The summed E-state index contributed by atoms with van der Waals surface area (Å²) in [5.74, 6) is 3.04. The van der Waals surface area contributed by atoms with Crippen molar-refractivity contribution in [2.45, 2.75) is 38.6 Å². The molecule has 0 aromatic carbocycles. The topological polar surface area (TPSA) is 31.9 Å². The molecule has 4 heteroatoms. The van der Waals surface area contributed by atoms with E-state index in [-0.39, 0.29) is 0 Å². The molecular formula is C15H25N3S. The van der Waals surface area contributed by atoms with E-state index in [4.69, 9.17) is 0 Å². The van der Waals surface area contributed by atoms with Crippen LogP contribution >= 0.6 is 11.8 Å². The highest BCUT2D eigenvalue weighted by Gasteiger charge is 2.39. The first kappa shape index (κ1) is 13.5. The van der Waals surface area contributed by atoms with E-state index in [0.29, 0.717) is 0 Å². The Balaban J connectivity index is 1.78. The van der Waals surface area contributed by atoms with Gasteiger partial charge in [0.2, 0.25) is 0 Å². The normalized spacial score (nSPS) is 30.9. The fraction of sp³-hybridized carbons (Fsp3) is 0.800. The first-order chi connectivity index (χ1) is 9.31. The average molecular weight is 279 g/mol. The minimum Gasteiger partial charge on any atom is -0.299 e. The van der Waals surface area contributed by atoms with E-state index in [0.717, 1.165) is 17.9 Å². The summed E-state index contributed by atoms with van der Waals surface area (Å²) in [5.41, 5.74) is 2.87. The summed E-state index contributed by atoms with van der Waals surface area (Å²) in [6, 6.07) is 0.767. The Labute approximate surface area is 120 Å². The number of thioether (sulfide) groups is 1. The molecule has 1 aromatic heterocycles. The van der Waals surface area contributed by atoms with Gasteiger partial charge in [-0.25, -0.2) is 0 Å². The Hall–Kier alpha value is -0.480. The molecule has 3 atom stereocenters. The predicted molar refractivity (Wildman–Crippen MR) is 81.6 cm³/mol. The second kappa shape index (κ2) is 5.88. The minimum absolute atomic E-state index is 0.767. The van der Waals surface area contributed by atoms with Gasteiger partial charge in [-0.3, -0.25) is 10.00 Å². The van der Waals surface area contributed by atoms with E-state index in [9.17, 15) is 0 Å². The van der Waals surface area contributed by atoms with Crippen molar-refractivity contribution >= 4 is 11.8 Å². The molecule has 0 bridgehead atoms. The summed E-state index contributed by atoms with van der Waals surface area (Å²) in [5, 5.41) is 7.45. The van der Waals surface area contributed by atoms with Crippen LogP contribution in [0.25, 0.3) is 0 Å². The molecule has 106 valence electrons. The number of nitrogens with zero attached hydrogens (tertiary/aromatic N) is 2. The molecule has 0 saturated carbocycles. The van der Waals surface area contributed by atoms with E-state index in [2.05, 4.69) is 28.3 Å². The molecule has 2 unspecified atom stereocenters. The zero-order valence-electron chi connectivity index (χ0n) is 12.1. The van der Waals surface area contributed by atoms with Crippen molar-refractivity contribution in [3.63, 3.8) is 0 Å². The number of hydrogen-bond acceptors (Lipinski definition) is 3. The van der Waals surface area contributed by atoms with Crippen molar-refractivity contribution in [2.24, 2.45) is 11.8 Å². The number of fused-ring (bicyclic) bond motifs is 2. The first-order valence-electron chi connectivity index (χ1n) is 7.56. The molecule has 0 radical (unpaired) electrons. The standard InChI is InChI=1S/C15H25N3S/c1-3-4-18-9-11(10-19-2)5-12-6-14-13(7-15(12)18)8-16-17-14/h8,11-12,15H,3-7,9-10H2,1-2H3,(H,16,17)/t11?,12-,15?/m1/s1. The van der Waals surface area contributed by atoms with E-state index < -0.39 is 0 Å². The van der Waals surface area contributed by atoms with Gasteiger partial charge in [-0.05, 0) is 61.6 Å². The molecule has 1 N–H and O–H groups in total. The fourth-order valence-electron chi connectivity index (χ4n) is 4.02. The monoisotopic (exact) mass is 279 g/mol. The average Bonchev–Trinajstić information content (AvgIpc) is 2.84. The Bertz CT molecular complexity index is 417. The highest BCUT2D eigenvalue weighted by atomic mass is 32.2. The Morgan fingerprint density at radius 1 is 1.47 bits per heavy atom. The molecular weight excluding hydrogens is 254 g/mol. The highest BCUT2D eigenvalue weighted by Crippen LogP contribution is 2.37. The van der Waals surface area contributed by atoms with Gasteiger partial charge in [-0.15, -0.1) is 0 Å². The summed E-state index contributed by atoms with van der Waals surface area (Å²) in [6.07, 6.45) is 9.39. The molecule has 3 nitrogen and oxygen atoms in total. The maximum Gasteiger partial charge on any atom is 0.0522 e. The van der Waals surface area contributed by atoms with Crippen molar-refractivity contribution in [1.29, 1.82) is 0 Å². The van der Waals surface area contributed by atoms with Gasteiger partial charge in [0.05, 0.1) is 6.20 Å². The minimum atomic E-state index is 0.767. The smallest absolute Gasteiger partial charge is 0.0522 e. The lowest BCUT2D eigenvalue weighted by molar-refractivity contribution is 0.0558. The number of hydrogen-bond donors (Lipinski definition) is 1. The second-order valence-electron chi connectivity index (χ2n) is 6.16. The van der Waals surface area contributed by atoms with Crippen LogP contribution in [0, 0.1) is 11.8 Å². The number of rotatable bonds is 4. The summed E-state index contributed by atoms with van der Waals surface area (Å²) in [6.45, 7) is 4.88. The Morgan fingerprint density at radius 2 is 2.37 bits per heavy atom. The van der Waals surface area contributed by atoms with Crippen molar-refractivity contribution < 1.29 is 0 Å². The number of aromatic amines is 1. The van der Waals surface area contributed by atoms with Crippen LogP contribution in [-0.2, 0) is 12.8 Å². The molecule has 0 spiro atoms. The van der Waals surface area contributed by atoms with Crippen LogP contribution in [0.3, 0.4) is 0 Å². The van der Waals surface area contributed by atoms with Gasteiger partial charge >= 0.3 is 0 Å². The largest absolute Gasteiger partial charge is 0.299 e. The summed E-state index contributed by atoms with van der Waals surface area (Å²) < 4.78 is 0. The lowest BCUT2D eigenvalue weighted by Gasteiger charge is -2.47. The molecule has 19 heavy (non-hydrogen) atoms. The zero-order chi connectivity index (χ0) is 13.2. The highest BCUT2D eigenvalue weighted by molar-refractivity contribution is 7.98. The lowest BCUT2D eigenvalue weighted by atomic mass is 9.75. The fourth-order valence-corrected chi connectivity index (χ4v) is 4.73. The SMILES string of the molecule is CCCN1CC(CSC)C[C@@H]2Cc3[nH]ncc3CC21. The molecule has 0 amide bonds. The predicted octanol–water partition coefficient (Wildman–Crippen LogP) is 2.59. The molecule has 1 aliphatic heterocycles. The third-order valence-corrected chi connectivity index (χ3v) is 5.56. The molecule has 1 aliphatic carbocycles. The molecule has 3 rings (SSSR count). The van der Waals surface area contributed by atoms with E-state index >= 15 is 0 Å². The van der Waals surface area contributed by atoms with Crippen molar-refractivity contribution in [1.82, 2.24) is 15.1 Å². The van der Waals surface area contributed by atoms with Crippen molar-refractivity contribution in [3.8, 4) is 0 Å². The Kier molecular flexibility index (Phi) is 4.18. The van der Waals surface area contributed by atoms with Gasteiger partial charge < -0.3 is 0 Å². The van der Waals surface area contributed by atoms with Gasteiger partial charge in [-0.1, -0.05) is 6.92 Å². The lowest BCUT2D eigenvalue weighted by Crippen LogP contribution is -2.52. The van der Waals surface area contributed by atoms with Crippen LogP contribution in [0.1, 0.15) is 31.0 Å². The number of piperidine rings is 1. The van der Waals surface area contributed by atoms with Gasteiger partial charge in [0, 0.05) is 18.3 Å². The maximum atomic E-state index is 4.24. The van der Waals surface area contributed by atoms with Crippen LogP contribution in [0.2, 0.25) is 0 Å². The first-order valence-corrected chi connectivity index (χ1v) is 8.95. The Morgan fingerprint density at radius 3 is 3.16 bits per heavy atom. The number of aromatic nitrogens is 2. The third kappa shape index (κ3) is 2.70. The number of likely N-dealkylation sites (tertiary alicyclic amines) is 1. The van der Waals surface area contributed by atoms with E-state index in [1.165, 1.54) is 55.8 Å². The molecule has 2 heterocycles. The van der Waals surface area contributed by atoms with Crippen LogP contribution in [0.15, 0.2) is 6.20 Å². The van der Waals surface area contributed by atoms with Crippen LogP contribution in [-0.4, -0.2) is 46.2 Å². The molecule has 1 aromatic rings. The van der Waals surface area contributed by atoms with Gasteiger partial charge in [0.15, 0.2) is 0 Å².